The number of piperazine rings is 1. The summed E-state index contributed by atoms with van der Waals surface area (Å²) in [6.07, 6.45) is 4.06. The normalized spacial score (nSPS) is 14.4. The molecule has 0 radical (unpaired) electrons. The Bertz CT molecular complexity index is 759. The van der Waals surface area contributed by atoms with Crippen molar-refractivity contribution in [3.05, 3.63) is 53.9 Å². The molecule has 3 rings (SSSR count). The zero-order chi connectivity index (χ0) is 18.5. The third-order valence-electron chi connectivity index (χ3n) is 4.59. The number of rotatable bonds is 5. The number of benzene rings is 1. The van der Waals surface area contributed by atoms with Gasteiger partial charge in [0.25, 0.3) is 5.91 Å². The van der Waals surface area contributed by atoms with Crippen LogP contribution >= 0.6 is 0 Å². The molecule has 0 bridgehead atoms. The van der Waals surface area contributed by atoms with Gasteiger partial charge >= 0.3 is 0 Å². The summed E-state index contributed by atoms with van der Waals surface area (Å²) in [5.41, 5.74) is 1.67. The molecule has 26 heavy (non-hydrogen) atoms. The fraction of sp³-hybridized carbons (Fsp3) is 0.400. The molecule has 0 saturated carbocycles. The van der Waals surface area contributed by atoms with E-state index in [1.54, 1.807) is 0 Å². The van der Waals surface area contributed by atoms with Crippen molar-refractivity contribution in [2.45, 2.75) is 13.3 Å². The summed E-state index contributed by atoms with van der Waals surface area (Å²) in [5, 5.41) is 0. The molecule has 1 aromatic carbocycles. The number of aromatic nitrogens is 1. The first-order valence-electron chi connectivity index (χ1n) is 8.97. The summed E-state index contributed by atoms with van der Waals surface area (Å²) in [5.74, 6) is 0.946. The van der Waals surface area contributed by atoms with Gasteiger partial charge in [0.1, 0.15) is 5.75 Å². The van der Waals surface area contributed by atoms with E-state index in [1.165, 1.54) is 0 Å². The van der Waals surface area contributed by atoms with Crippen LogP contribution in [0.5, 0.6) is 5.75 Å². The summed E-state index contributed by atoms with van der Waals surface area (Å²) < 4.78 is 7.28. The van der Waals surface area contributed by atoms with Crippen molar-refractivity contribution in [3.63, 3.8) is 0 Å². The Hall–Kier alpha value is -2.76. The molecule has 1 aromatic heterocycles. The fourth-order valence-electron chi connectivity index (χ4n) is 3.13. The summed E-state index contributed by atoms with van der Waals surface area (Å²) in [6.45, 7) is 4.87. The van der Waals surface area contributed by atoms with Crippen molar-refractivity contribution in [3.8, 4) is 5.75 Å². The van der Waals surface area contributed by atoms with Gasteiger partial charge in [0.2, 0.25) is 5.91 Å². The van der Waals surface area contributed by atoms with E-state index in [2.05, 4.69) is 0 Å². The standard InChI is InChI=1S/C20H25N3O3/c1-3-26-18-6-4-16(5-7-18)14-19(24)22-10-12-23(13-11-22)20(25)17-8-9-21(2)15-17/h4-9,15H,3,10-14H2,1-2H3. The SMILES string of the molecule is CCOc1ccc(CC(=O)N2CCN(C(=O)c3ccn(C)c3)CC2)cc1. The lowest BCUT2D eigenvalue weighted by Crippen LogP contribution is -2.50. The number of amides is 2. The van der Waals surface area contributed by atoms with Crippen LogP contribution in [0.1, 0.15) is 22.8 Å². The smallest absolute Gasteiger partial charge is 0.255 e. The monoisotopic (exact) mass is 355 g/mol. The van der Waals surface area contributed by atoms with Gasteiger partial charge in [-0.05, 0) is 30.7 Å². The predicted molar refractivity (Wildman–Crippen MR) is 99.2 cm³/mol. The maximum Gasteiger partial charge on any atom is 0.255 e. The first kappa shape index (κ1) is 18.0. The van der Waals surface area contributed by atoms with Crippen LogP contribution in [0.4, 0.5) is 0 Å². The van der Waals surface area contributed by atoms with Crippen LogP contribution in [0.25, 0.3) is 0 Å². The van der Waals surface area contributed by atoms with E-state index in [9.17, 15) is 9.59 Å². The molecule has 0 N–H and O–H groups in total. The fourth-order valence-corrected chi connectivity index (χ4v) is 3.13. The quantitative estimate of drug-likeness (QED) is 0.824. The average molecular weight is 355 g/mol. The summed E-state index contributed by atoms with van der Waals surface area (Å²) in [4.78, 5) is 28.6. The van der Waals surface area contributed by atoms with Gasteiger partial charge in [-0.15, -0.1) is 0 Å². The molecule has 1 fully saturated rings. The lowest BCUT2D eigenvalue weighted by atomic mass is 10.1. The molecule has 1 aliphatic heterocycles. The van der Waals surface area contributed by atoms with Crippen LogP contribution < -0.4 is 4.74 Å². The van der Waals surface area contributed by atoms with E-state index in [0.29, 0.717) is 44.8 Å². The zero-order valence-corrected chi connectivity index (χ0v) is 15.4. The third-order valence-corrected chi connectivity index (χ3v) is 4.59. The van der Waals surface area contributed by atoms with Gasteiger partial charge in [0.05, 0.1) is 18.6 Å². The van der Waals surface area contributed by atoms with Gasteiger partial charge in [0, 0.05) is 45.6 Å². The molecule has 6 heteroatoms. The van der Waals surface area contributed by atoms with Gasteiger partial charge in [-0.3, -0.25) is 9.59 Å². The Morgan fingerprint density at radius 1 is 1.00 bits per heavy atom. The number of hydrogen-bond donors (Lipinski definition) is 0. The van der Waals surface area contributed by atoms with E-state index < -0.39 is 0 Å². The van der Waals surface area contributed by atoms with E-state index in [-0.39, 0.29) is 11.8 Å². The number of ether oxygens (including phenoxy) is 1. The van der Waals surface area contributed by atoms with Crippen LogP contribution in [0.2, 0.25) is 0 Å². The minimum atomic E-state index is 0.0317. The van der Waals surface area contributed by atoms with E-state index in [0.717, 1.165) is 11.3 Å². The van der Waals surface area contributed by atoms with Crippen molar-refractivity contribution in [1.29, 1.82) is 0 Å². The minimum absolute atomic E-state index is 0.0317. The molecule has 0 unspecified atom stereocenters. The maximum atomic E-state index is 12.5. The van der Waals surface area contributed by atoms with Gasteiger partial charge < -0.3 is 19.1 Å². The van der Waals surface area contributed by atoms with Crippen LogP contribution in [-0.4, -0.2) is 59.0 Å². The molecular formula is C20H25N3O3. The highest BCUT2D eigenvalue weighted by molar-refractivity contribution is 5.94. The molecule has 0 spiro atoms. The predicted octanol–water partition coefficient (Wildman–Crippen LogP) is 1.95. The van der Waals surface area contributed by atoms with Gasteiger partial charge in [0.15, 0.2) is 0 Å². The van der Waals surface area contributed by atoms with Crippen molar-refractivity contribution >= 4 is 11.8 Å². The summed E-state index contributed by atoms with van der Waals surface area (Å²) >= 11 is 0. The topological polar surface area (TPSA) is 54.8 Å². The van der Waals surface area contributed by atoms with E-state index in [4.69, 9.17) is 4.74 Å². The largest absolute Gasteiger partial charge is 0.494 e. The van der Waals surface area contributed by atoms with Crippen LogP contribution in [-0.2, 0) is 18.3 Å². The van der Waals surface area contributed by atoms with Crippen molar-refractivity contribution < 1.29 is 14.3 Å². The number of carbonyl (C=O) groups excluding carboxylic acids is 2. The second-order valence-electron chi connectivity index (χ2n) is 6.49. The number of carbonyl (C=O) groups is 2. The molecule has 1 saturated heterocycles. The molecule has 138 valence electrons. The molecule has 6 nitrogen and oxygen atoms in total. The third kappa shape index (κ3) is 4.25. The molecule has 0 atom stereocenters. The highest BCUT2D eigenvalue weighted by atomic mass is 16.5. The molecular weight excluding hydrogens is 330 g/mol. The van der Waals surface area contributed by atoms with Crippen LogP contribution in [0, 0.1) is 0 Å². The molecule has 1 aliphatic rings. The van der Waals surface area contributed by atoms with Gasteiger partial charge in [-0.25, -0.2) is 0 Å². The summed E-state index contributed by atoms with van der Waals surface area (Å²) in [6, 6.07) is 9.47. The number of nitrogens with zero attached hydrogens (tertiary/aromatic N) is 3. The van der Waals surface area contributed by atoms with E-state index in [1.807, 2.05) is 71.1 Å². The lowest BCUT2D eigenvalue weighted by Gasteiger charge is -2.34. The minimum Gasteiger partial charge on any atom is -0.494 e. The first-order chi connectivity index (χ1) is 12.6. The highest BCUT2D eigenvalue weighted by Crippen LogP contribution is 2.14. The van der Waals surface area contributed by atoms with Gasteiger partial charge in [-0.2, -0.15) is 0 Å². The van der Waals surface area contributed by atoms with E-state index >= 15 is 0 Å². The first-order valence-corrected chi connectivity index (χ1v) is 8.97. The Balaban J connectivity index is 1.51. The average Bonchev–Trinajstić information content (AvgIpc) is 3.09. The number of hydrogen-bond acceptors (Lipinski definition) is 3. The van der Waals surface area contributed by atoms with Crippen molar-refractivity contribution in [2.24, 2.45) is 7.05 Å². The maximum absolute atomic E-state index is 12.5. The molecule has 2 heterocycles. The molecule has 2 aromatic rings. The van der Waals surface area contributed by atoms with Crippen LogP contribution in [0.3, 0.4) is 0 Å². The Kier molecular flexibility index (Phi) is 5.61. The second-order valence-corrected chi connectivity index (χ2v) is 6.49. The molecule has 2 amide bonds. The van der Waals surface area contributed by atoms with Crippen molar-refractivity contribution in [2.75, 3.05) is 32.8 Å². The lowest BCUT2D eigenvalue weighted by molar-refractivity contribution is -0.131. The van der Waals surface area contributed by atoms with Crippen LogP contribution in [0.15, 0.2) is 42.7 Å². The summed E-state index contributed by atoms with van der Waals surface area (Å²) in [7, 11) is 1.90. The van der Waals surface area contributed by atoms with Gasteiger partial charge in [-0.1, -0.05) is 12.1 Å². The zero-order valence-electron chi connectivity index (χ0n) is 15.4. The Labute approximate surface area is 154 Å². The molecule has 0 aliphatic carbocycles. The number of aryl methyl sites for hydroxylation is 1. The second kappa shape index (κ2) is 8.08. The van der Waals surface area contributed by atoms with Crippen molar-refractivity contribution in [1.82, 2.24) is 14.4 Å². The Morgan fingerprint density at radius 3 is 2.23 bits per heavy atom. The highest BCUT2D eigenvalue weighted by Gasteiger charge is 2.25. The Morgan fingerprint density at radius 2 is 1.65 bits per heavy atom.